The van der Waals surface area contributed by atoms with Gasteiger partial charge in [0.2, 0.25) is 0 Å². The van der Waals surface area contributed by atoms with E-state index in [1.54, 1.807) is 0 Å². The van der Waals surface area contributed by atoms with Crippen LogP contribution in [0.3, 0.4) is 0 Å². The molecule has 0 saturated carbocycles. The van der Waals surface area contributed by atoms with E-state index in [0.29, 0.717) is 19.3 Å². The summed E-state index contributed by atoms with van der Waals surface area (Å²) in [6.07, 6.45) is 42.2. The normalized spacial score (nSPS) is 11.8. The summed E-state index contributed by atoms with van der Waals surface area (Å²) in [5, 5.41) is 0. The summed E-state index contributed by atoms with van der Waals surface area (Å²) in [5.41, 5.74) is 0. The smallest absolute Gasteiger partial charge is 0.306 e. The van der Waals surface area contributed by atoms with E-state index in [-0.39, 0.29) is 31.1 Å². The largest absolute Gasteiger partial charge is 0.462 e. The van der Waals surface area contributed by atoms with Crippen LogP contribution in [0.5, 0.6) is 0 Å². The third-order valence-corrected chi connectivity index (χ3v) is 10.4. The van der Waals surface area contributed by atoms with Crippen molar-refractivity contribution < 1.29 is 28.6 Å². The van der Waals surface area contributed by atoms with Gasteiger partial charge in [-0.05, 0) is 19.3 Å². The molecule has 0 aromatic heterocycles. The Morgan fingerprint density at radius 1 is 0.308 bits per heavy atom. The summed E-state index contributed by atoms with van der Waals surface area (Å²) >= 11 is 0. The molecule has 1 unspecified atom stereocenters. The Hall–Kier alpha value is -1.59. The van der Waals surface area contributed by atoms with Crippen molar-refractivity contribution in [2.24, 2.45) is 0 Å². The van der Waals surface area contributed by atoms with Crippen LogP contribution in [0, 0.1) is 0 Å². The highest BCUT2D eigenvalue weighted by molar-refractivity contribution is 5.71. The fourth-order valence-electron chi connectivity index (χ4n) is 6.85. The van der Waals surface area contributed by atoms with E-state index < -0.39 is 6.10 Å². The van der Waals surface area contributed by atoms with E-state index in [2.05, 4.69) is 20.8 Å². The third kappa shape index (κ3) is 39.6. The molecule has 0 aliphatic heterocycles. The summed E-state index contributed by atoms with van der Waals surface area (Å²) in [7, 11) is 0. The van der Waals surface area contributed by atoms with Crippen LogP contribution in [-0.2, 0) is 28.6 Å². The molecule has 0 aromatic carbocycles. The van der Waals surface area contributed by atoms with E-state index in [1.165, 1.54) is 161 Å². The molecule has 0 aliphatic carbocycles. The molecule has 0 heterocycles. The van der Waals surface area contributed by atoms with Gasteiger partial charge in [-0.15, -0.1) is 0 Å². The molecule has 0 rings (SSSR count). The summed E-state index contributed by atoms with van der Waals surface area (Å²) in [4.78, 5) is 37.7. The first-order valence-corrected chi connectivity index (χ1v) is 23.0. The van der Waals surface area contributed by atoms with Crippen molar-refractivity contribution in [2.75, 3.05) is 13.2 Å². The minimum atomic E-state index is -0.757. The zero-order chi connectivity index (χ0) is 38.0. The number of rotatable bonds is 42. The van der Waals surface area contributed by atoms with Crippen molar-refractivity contribution >= 4 is 17.9 Å². The van der Waals surface area contributed by atoms with Gasteiger partial charge < -0.3 is 14.2 Å². The first-order chi connectivity index (χ1) is 25.5. The quantitative estimate of drug-likeness (QED) is 0.0353. The van der Waals surface area contributed by atoms with Gasteiger partial charge in [0.25, 0.3) is 0 Å². The maximum absolute atomic E-state index is 12.7. The van der Waals surface area contributed by atoms with Gasteiger partial charge in [-0.1, -0.05) is 220 Å². The molecule has 0 aromatic rings. The number of esters is 3. The first-order valence-electron chi connectivity index (χ1n) is 23.0. The number of ether oxygens (including phenoxy) is 3. The summed E-state index contributed by atoms with van der Waals surface area (Å²) < 4.78 is 16.7. The summed E-state index contributed by atoms with van der Waals surface area (Å²) in [6, 6.07) is 0. The standard InChI is InChI=1S/C46H88O6/c1-4-7-10-13-16-19-22-23-25-27-30-33-36-39-45(48)51-42-43(41-50-44(47)38-35-32-29-26-21-18-15-12-9-6-3)52-46(49)40-37-34-31-28-24-20-17-14-11-8-5-2/h43H,4-42H2,1-3H3. The van der Waals surface area contributed by atoms with Gasteiger partial charge in [-0.25, -0.2) is 0 Å². The molecule has 308 valence electrons. The first kappa shape index (κ1) is 50.4. The van der Waals surface area contributed by atoms with Gasteiger partial charge in [-0.2, -0.15) is 0 Å². The predicted octanol–water partition coefficient (Wildman–Crippen LogP) is 14.5. The van der Waals surface area contributed by atoms with E-state index in [4.69, 9.17) is 14.2 Å². The highest BCUT2D eigenvalue weighted by Gasteiger charge is 2.19. The molecule has 0 amide bonds. The molecule has 0 aliphatic rings. The minimum Gasteiger partial charge on any atom is -0.462 e. The fraction of sp³-hybridized carbons (Fsp3) is 0.935. The summed E-state index contributed by atoms with van der Waals surface area (Å²) in [5.74, 6) is -0.852. The number of hydrogen-bond acceptors (Lipinski definition) is 6. The third-order valence-electron chi connectivity index (χ3n) is 10.4. The van der Waals surface area contributed by atoms with Gasteiger partial charge in [0.05, 0.1) is 0 Å². The predicted molar refractivity (Wildman–Crippen MR) is 220 cm³/mol. The van der Waals surface area contributed by atoms with Crippen molar-refractivity contribution in [3.8, 4) is 0 Å². The van der Waals surface area contributed by atoms with Crippen LogP contribution < -0.4 is 0 Å². The number of carbonyl (C=O) groups is 3. The zero-order valence-electron chi connectivity index (χ0n) is 35.1. The van der Waals surface area contributed by atoms with E-state index in [1.807, 2.05) is 0 Å². The van der Waals surface area contributed by atoms with Gasteiger partial charge in [0.15, 0.2) is 6.10 Å². The molecule has 6 heteroatoms. The van der Waals surface area contributed by atoms with Crippen molar-refractivity contribution in [3.63, 3.8) is 0 Å². The molecule has 0 fully saturated rings. The Balaban J connectivity index is 4.31. The second-order valence-corrected chi connectivity index (χ2v) is 15.7. The van der Waals surface area contributed by atoms with Crippen molar-refractivity contribution in [2.45, 2.75) is 264 Å². The maximum Gasteiger partial charge on any atom is 0.306 e. The van der Waals surface area contributed by atoms with Gasteiger partial charge >= 0.3 is 17.9 Å². The Morgan fingerprint density at radius 2 is 0.519 bits per heavy atom. The lowest BCUT2D eigenvalue weighted by molar-refractivity contribution is -0.167. The highest BCUT2D eigenvalue weighted by atomic mass is 16.6. The second kappa shape index (κ2) is 42.2. The Kier molecular flexibility index (Phi) is 40.9. The Morgan fingerprint density at radius 3 is 0.769 bits per heavy atom. The van der Waals surface area contributed by atoms with Gasteiger partial charge in [0, 0.05) is 19.3 Å². The Bertz CT molecular complexity index is 768. The van der Waals surface area contributed by atoms with Crippen LogP contribution in [0.25, 0.3) is 0 Å². The SMILES string of the molecule is CCCCCCCCCCCCCCCC(=O)OCC(COC(=O)CCCCCCCCCCCC)OC(=O)CCCCCCCCCCCCC. The molecule has 0 bridgehead atoms. The van der Waals surface area contributed by atoms with Crippen molar-refractivity contribution in [1.29, 1.82) is 0 Å². The summed E-state index contributed by atoms with van der Waals surface area (Å²) in [6.45, 7) is 6.64. The molecular weight excluding hydrogens is 648 g/mol. The molecule has 6 nitrogen and oxygen atoms in total. The average molecular weight is 737 g/mol. The molecule has 0 saturated heterocycles. The second-order valence-electron chi connectivity index (χ2n) is 15.7. The topological polar surface area (TPSA) is 78.9 Å². The lowest BCUT2D eigenvalue weighted by atomic mass is 10.0. The van der Waals surface area contributed by atoms with Crippen molar-refractivity contribution in [3.05, 3.63) is 0 Å². The van der Waals surface area contributed by atoms with Crippen LogP contribution >= 0.6 is 0 Å². The van der Waals surface area contributed by atoms with Crippen LogP contribution in [0.15, 0.2) is 0 Å². The van der Waals surface area contributed by atoms with E-state index in [9.17, 15) is 14.4 Å². The molecule has 0 N–H and O–H groups in total. The number of hydrogen-bond donors (Lipinski definition) is 0. The fourth-order valence-corrected chi connectivity index (χ4v) is 6.85. The van der Waals surface area contributed by atoms with Crippen LogP contribution in [0.1, 0.15) is 258 Å². The van der Waals surface area contributed by atoms with E-state index in [0.717, 1.165) is 57.8 Å². The molecule has 0 spiro atoms. The van der Waals surface area contributed by atoms with Gasteiger partial charge in [0.1, 0.15) is 13.2 Å². The Labute approximate surface area is 323 Å². The lowest BCUT2D eigenvalue weighted by Gasteiger charge is -2.18. The van der Waals surface area contributed by atoms with Gasteiger partial charge in [-0.3, -0.25) is 14.4 Å². The van der Waals surface area contributed by atoms with Crippen molar-refractivity contribution in [1.82, 2.24) is 0 Å². The van der Waals surface area contributed by atoms with E-state index >= 15 is 0 Å². The maximum atomic E-state index is 12.7. The van der Waals surface area contributed by atoms with Crippen LogP contribution in [-0.4, -0.2) is 37.2 Å². The highest BCUT2D eigenvalue weighted by Crippen LogP contribution is 2.16. The molecular formula is C46H88O6. The number of unbranched alkanes of at least 4 members (excludes halogenated alkanes) is 31. The minimum absolute atomic E-state index is 0.0627. The number of carbonyl (C=O) groups excluding carboxylic acids is 3. The zero-order valence-corrected chi connectivity index (χ0v) is 35.1. The van der Waals surface area contributed by atoms with Crippen LogP contribution in [0.2, 0.25) is 0 Å². The lowest BCUT2D eigenvalue weighted by Crippen LogP contribution is -2.30. The van der Waals surface area contributed by atoms with Crippen LogP contribution in [0.4, 0.5) is 0 Å². The molecule has 0 radical (unpaired) electrons. The monoisotopic (exact) mass is 737 g/mol. The molecule has 1 atom stereocenters. The molecule has 52 heavy (non-hydrogen) atoms. The average Bonchev–Trinajstić information content (AvgIpc) is 3.14.